The predicted molar refractivity (Wildman–Crippen MR) is 114 cm³/mol. The molecule has 1 heterocycles. The molecule has 0 aromatic rings. The van der Waals surface area contributed by atoms with Gasteiger partial charge in [0.2, 0.25) is 5.91 Å². The average molecular weight is 443 g/mol. The summed E-state index contributed by atoms with van der Waals surface area (Å²) in [4.78, 5) is 53.0. The Morgan fingerprint density at radius 2 is 1.58 bits per heavy atom. The topological polar surface area (TPSA) is 113 Å². The standard InChI is InChI=1S/C22H38N2O7/c1-14(2)12-16(18(26)23-11-9-10-15(23)19(27)28)24(20(29)31-22(6,7)8)13-17(25)30-21(3,4)5/h14-16H,9-13H2,1-8H3,(H,27,28)/t15-,16?/m0/s1. The van der Waals surface area contributed by atoms with Crippen molar-refractivity contribution in [3.8, 4) is 0 Å². The maximum Gasteiger partial charge on any atom is 0.411 e. The number of aliphatic carboxylic acids is 1. The first-order valence-electron chi connectivity index (χ1n) is 10.8. The number of hydrogen-bond acceptors (Lipinski definition) is 6. The molecular formula is C22H38N2O7. The number of carboxylic acids is 1. The molecule has 178 valence electrons. The van der Waals surface area contributed by atoms with Crippen molar-refractivity contribution in [2.75, 3.05) is 13.1 Å². The van der Waals surface area contributed by atoms with Gasteiger partial charge in [-0.1, -0.05) is 13.8 Å². The molecule has 0 aromatic carbocycles. The van der Waals surface area contributed by atoms with Crippen LogP contribution in [0.5, 0.6) is 0 Å². The molecule has 0 aromatic heterocycles. The summed E-state index contributed by atoms with van der Waals surface area (Å²) in [5.41, 5.74) is -1.61. The Morgan fingerprint density at radius 1 is 1.03 bits per heavy atom. The normalized spacial score (nSPS) is 18.0. The molecule has 1 aliphatic rings. The molecule has 0 aliphatic carbocycles. The van der Waals surface area contributed by atoms with Crippen LogP contribution >= 0.6 is 0 Å². The van der Waals surface area contributed by atoms with E-state index in [-0.39, 0.29) is 12.3 Å². The van der Waals surface area contributed by atoms with Crippen molar-refractivity contribution in [1.29, 1.82) is 0 Å². The van der Waals surface area contributed by atoms with E-state index in [1.165, 1.54) is 4.90 Å². The van der Waals surface area contributed by atoms with Crippen molar-refractivity contribution >= 4 is 23.9 Å². The molecule has 1 saturated heterocycles. The van der Waals surface area contributed by atoms with Crippen LogP contribution in [-0.4, -0.2) is 75.2 Å². The van der Waals surface area contributed by atoms with Crippen LogP contribution in [-0.2, 0) is 23.9 Å². The lowest BCUT2D eigenvalue weighted by Crippen LogP contribution is -2.56. The molecule has 2 amide bonds. The highest BCUT2D eigenvalue weighted by Gasteiger charge is 2.42. The maximum atomic E-state index is 13.4. The molecule has 2 atom stereocenters. The first-order chi connectivity index (χ1) is 14.0. The van der Waals surface area contributed by atoms with E-state index in [4.69, 9.17) is 9.47 Å². The van der Waals surface area contributed by atoms with E-state index < -0.39 is 53.8 Å². The van der Waals surface area contributed by atoms with Crippen molar-refractivity contribution < 1.29 is 33.8 Å². The zero-order valence-electron chi connectivity index (χ0n) is 20.1. The Morgan fingerprint density at radius 3 is 2.03 bits per heavy atom. The molecule has 9 heteroatoms. The first kappa shape index (κ1) is 26.7. The van der Waals surface area contributed by atoms with Crippen molar-refractivity contribution in [3.63, 3.8) is 0 Å². The minimum atomic E-state index is -1.08. The van der Waals surface area contributed by atoms with Gasteiger partial charge in [0.05, 0.1) is 0 Å². The summed E-state index contributed by atoms with van der Waals surface area (Å²) < 4.78 is 10.8. The van der Waals surface area contributed by atoms with Gasteiger partial charge in [-0.2, -0.15) is 0 Å². The molecule has 1 fully saturated rings. The molecule has 0 spiro atoms. The van der Waals surface area contributed by atoms with Gasteiger partial charge in [0, 0.05) is 6.54 Å². The van der Waals surface area contributed by atoms with Crippen LogP contribution in [0.3, 0.4) is 0 Å². The van der Waals surface area contributed by atoms with Crippen molar-refractivity contribution in [2.45, 2.75) is 97.9 Å². The molecule has 0 bridgehead atoms. The lowest BCUT2D eigenvalue weighted by Gasteiger charge is -2.36. The lowest BCUT2D eigenvalue weighted by atomic mass is 10.0. The average Bonchev–Trinajstić information content (AvgIpc) is 3.03. The zero-order chi connectivity index (χ0) is 24.1. The first-order valence-corrected chi connectivity index (χ1v) is 10.8. The molecule has 0 saturated carbocycles. The van der Waals surface area contributed by atoms with Crippen LogP contribution < -0.4 is 0 Å². The second kappa shape index (κ2) is 10.3. The molecule has 0 radical (unpaired) electrons. The van der Waals surface area contributed by atoms with Crippen LogP contribution in [0.1, 0.15) is 74.7 Å². The lowest BCUT2D eigenvalue weighted by molar-refractivity contribution is -0.158. The SMILES string of the molecule is CC(C)CC(C(=O)N1CCC[C@H]1C(=O)O)N(CC(=O)OC(C)(C)C)C(=O)OC(C)(C)C. The molecule has 1 aliphatic heterocycles. The Hall–Kier alpha value is -2.32. The Balaban J connectivity index is 3.29. The number of carboxylic acid groups (broad SMARTS) is 1. The highest BCUT2D eigenvalue weighted by molar-refractivity contribution is 5.91. The highest BCUT2D eigenvalue weighted by atomic mass is 16.6. The maximum absolute atomic E-state index is 13.4. The van der Waals surface area contributed by atoms with Crippen LogP contribution in [0, 0.1) is 5.92 Å². The number of carbonyl (C=O) groups excluding carboxylic acids is 3. The fourth-order valence-electron chi connectivity index (χ4n) is 3.42. The van der Waals surface area contributed by atoms with E-state index in [9.17, 15) is 24.3 Å². The van der Waals surface area contributed by atoms with Crippen LogP contribution in [0.2, 0.25) is 0 Å². The minimum Gasteiger partial charge on any atom is -0.480 e. The number of nitrogens with zero attached hydrogens (tertiary/aromatic N) is 2. The Bertz CT molecular complexity index is 676. The van der Waals surface area contributed by atoms with E-state index in [2.05, 4.69) is 0 Å². The highest BCUT2D eigenvalue weighted by Crippen LogP contribution is 2.24. The number of likely N-dealkylation sites (tertiary alicyclic amines) is 1. The summed E-state index contributed by atoms with van der Waals surface area (Å²) in [6.07, 6.45) is 0.358. The summed E-state index contributed by atoms with van der Waals surface area (Å²) in [5.74, 6) is -2.24. The van der Waals surface area contributed by atoms with E-state index >= 15 is 0 Å². The molecule has 1 rings (SSSR count). The molecule has 1 N–H and O–H groups in total. The molecule has 9 nitrogen and oxygen atoms in total. The van der Waals surface area contributed by atoms with Gasteiger partial charge in [0.1, 0.15) is 29.8 Å². The second-order valence-electron chi connectivity index (χ2n) is 10.4. The zero-order valence-corrected chi connectivity index (χ0v) is 20.1. The fourth-order valence-corrected chi connectivity index (χ4v) is 3.42. The summed E-state index contributed by atoms with van der Waals surface area (Å²) >= 11 is 0. The van der Waals surface area contributed by atoms with E-state index in [1.54, 1.807) is 41.5 Å². The van der Waals surface area contributed by atoms with E-state index in [0.29, 0.717) is 19.4 Å². The number of rotatable bonds is 7. The summed E-state index contributed by atoms with van der Waals surface area (Å²) in [6.45, 7) is 13.8. The largest absolute Gasteiger partial charge is 0.480 e. The van der Waals surface area contributed by atoms with Crippen molar-refractivity contribution in [1.82, 2.24) is 9.80 Å². The fraction of sp³-hybridized carbons (Fsp3) is 0.818. The van der Waals surface area contributed by atoms with Gasteiger partial charge in [0.25, 0.3) is 0 Å². The quantitative estimate of drug-likeness (QED) is 0.603. The molecule has 31 heavy (non-hydrogen) atoms. The Kier molecular flexibility index (Phi) is 8.90. The van der Waals surface area contributed by atoms with Crippen LogP contribution in [0.25, 0.3) is 0 Å². The van der Waals surface area contributed by atoms with Gasteiger partial charge in [-0.3, -0.25) is 14.5 Å². The van der Waals surface area contributed by atoms with Gasteiger partial charge >= 0.3 is 18.0 Å². The third-order valence-electron chi connectivity index (χ3n) is 4.52. The second-order valence-corrected chi connectivity index (χ2v) is 10.4. The van der Waals surface area contributed by atoms with Crippen LogP contribution in [0.15, 0.2) is 0 Å². The molecule has 1 unspecified atom stereocenters. The number of hydrogen-bond donors (Lipinski definition) is 1. The number of amides is 2. The molecular weight excluding hydrogens is 404 g/mol. The summed E-state index contributed by atoms with van der Waals surface area (Å²) in [5, 5.41) is 9.50. The van der Waals surface area contributed by atoms with Crippen molar-refractivity contribution in [3.05, 3.63) is 0 Å². The predicted octanol–water partition coefficient (Wildman–Crippen LogP) is 3.06. The van der Waals surface area contributed by atoms with Gasteiger partial charge < -0.3 is 19.5 Å². The van der Waals surface area contributed by atoms with Crippen molar-refractivity contribution in [2.24, 2.45) is 5.92 Å². The van der Waals surface area contributed by atoms with E-state index in [1.807, 2.05) is 13.8 Å². The third kappa shape index (κ3) is 8.75. The minimum absolute atomic E-state index is 0.00315. The smallest absolute Gasteiger partial charge is 0.411 e. The summed E-state index contributed by atoms with van der Waals surface area (Å²) in [7, 11) is 0. The van der Waals surface area contributed by atoms with Crippen LogP contribution in [0.4, 0.5) is 4.79 Å². The van der Waals surface area contributed by atoms with Gasteiger partial charge in [-0.15, -0.1) is 0 Å². The monoisotopic (exact) mass is 442 g/mol. The van der Waals surface area contributed by atoms with E-state index in [0.717, 1.165) is 4.90 Å². The van der Waals surface area contributed by atoms with Gasteiger partial charge in [0.15, 0.2) is 0 Å². The third-order valence-corrected chi connectivity index (χ3v) is 4.52. The van der Waals surface area contributed by atoms with Gasteiger partial charge in [-0.05, 0) is 66.7 Å². The summed E-state index contributed by atoms with van der Waals surface area (Å²) in [6, 6.07) is -1.98. The number of esters is 1. The Labute approximate surface area is 185 Å². The van der Waals surface area contributed by atoms with Gasteiger partial charge in [-0.25, -0.2) is 9.59 Å². The number of ether oxygens (including phenoxy) is 2. The number of carbonyl (C=O) groups is 4.